The fourth-order valence-corrected chi connectivity index (χ4v) is 7.50. The van der Waals surface area contributed by atoms with Crippen molar-refractivity contribution in [2.75, 3.05) is 0 Å². The highest BCUT2D eigenvalue weighted by Gasteiger charge is 2.22. The van der Waals surface area contributed by atoms with Crippen LogP contribution in [0.2, 0.25) is 0 Å². The molecule has 0 amide bonds. The third-order valence-corrected chi connectivity index (χ3v) is 9.90. The summed E-state index contributed by atoms with van der Waals surface area (Å²) < 4.78 is 12.7. The Labute approximate surface area is 296 Å². The van der Waals surface area contributed by atoms with Crippen molar-refractivity contribution in [2.45, 2.75) is 0 Å². The van der Waals surface area contributed by atoms with Gasteiger partial charge in [0.25, 0.3) is 0 Å². The molecule has 0 saturated carbocycles. The van der Waals surface area contributed by atoms with Crippen LogP contribution in [-0.4, -0.2) is 19.9 Å². The number of furan rings is 2. The average molecular weight is 667 g/mol. The van der Waals surface area contributed by atoms with Crippen LogP contribution < -0.4 is 0 Å². The van der Waals surface area contributed by atoms with Crippen LogP contribution in [0.5, 0.6) is 0 Å². The minimum absolute atomic E-state index is 0.567. The van der Waals surface area contributed by atoms with Crippen molar-refractivity contribution in [1.82, 2.24) is 19.9 Å². The lowest BCUT2D eigenvalue weighted by atomic mass is 9.92. The van der Waals surface area contributed by atoms with Gasteiger partial charge in [-0.1, -0.05) is 115 Å². The molecule has 0 fully saturated rings. The molecule has 0 unspecified atom stereocenters. The van der Waals surface area contributed by atoms with Gasteiger partial charge < -0.3 is 8.83 Å². The maximum Gasteiger partial charge on any atom is 0.164 e. The van der Waals surface area contributed by atoms with Crippen molar-refractivity contribution in [3.63, 3.8) is 0 Å². The molecule has 0 aliphatic rings. The first-order valence-electron chi connectivity index (χ1n) is 17.2. The first-order chi connectivity index (χ1) is 25.7. The number of hydrogen-bond acceptors (Lipinski definition) is 6. The molecule has 0 N–H and O–H groups in total. The largest absolute Gasteiger partial charge is 0.456 e. The van der Waals surface area contributed by atoms with Crippen LogP contribution in [0.3, 0.4) is 0 Å². The zero-order valence-electron chi connectivity index (χ0n) is 27.6. The number of nitrogens with zero attached hydrogens (tertiary/aromatic N) is 4. The molecule has 11 aromatic rings. The Morgan fingerprint density at radius 3 is 1.77 bits per heavy atom. The number of hydrogen-bond donors (Lipinski definition) is 0. The van der Waals surface area contributed by atoms with Gasteiger partial charge in [-0.25, -0.2) is 19.9 Å². The van der Waals surface area contributed by atoms with E-state index in [0.717, 1.165) is 93.5 Å². The Hall–Kier alpha value is -7.18. The standard InChI is InChI=1S/C46H26N4O2/c1-2-12-27(13-3-1)44-48-45(33-19-11-22-38-41(33)32-17-7-9-21-37(32)51-38)50-46(49-44)35-25-29-15-5-4-14-28(29)24-34(35)31-18-10-23-39-42(31)43-40(52-39)26-30-16-6-8-20-36(30)47-43/h1-26H. The summed E-state index contributed by atoms with van der Waals surface area (Å²) in [6.07, 6.45) is 0. The summed E-state index contributed by atoms with van der Waals surface area (Å²) in [5.74, 6) is 1.72. The number of rotatable bonds is 4. The van der Waals surface area contributed by atoms with E-state index in [4.69, 9.17) is 28.8 Å². The van der Waals surface area contributed by atoms with Crippen molar-refractivity contribution < 1.29 is 8.83 Å². The Kier molecular flexibility index (Phi) is 6.15. The molecule has 0 radical (unpaired) electrons. The van der Waals surface area contributed by atoms with Gasteiger partial charge in [0, 0.05) is 32.8 Å². The monoisotopic (exact) mass is 666 g/mol. The number of para-hydroxylation sites is 2. The van der Waals surface area contributed by atoms with Gasteiger partial charge in [0.05, 0.1) is 10.9 Å². The number of benzene rings is 7. The quantitative estimate of drug-likeness (QED) is 0.186. The third kappa shape index (κ3) is 4.44. The summed E-state index contributed by atoms with van der Waals surface area (Å²) in [5.41, 5.74) is 9.50. The molecular formula is C46H26N4O2. The first kappa shape index (κ1) is 28.6. The van der Waals surface area contributed by atoms with Crippen molar-refractivity contribution in [3.05, 3.63) is 158 Å². The molecule has 52 heavy (non-hydrogen) atoms. The zero-order chi connectivity index (χ0) is 34.2. The van der Waals surface area contributed by atoms with Crippen LogP contribution in [-0.2, 0) is 0 Å². The van der Waals surface area contributed by atoms with E-state index in [1.54, 1.807) is 0 Å². The van der Waals surface area contributed by atoms with Crippen molar-refractivity contribution >= 4 is 65.7 Å². The molecule has 0 atom stereocenters. The van der Waals surface area contributed by atoms with Crippen LogP contribution in [0.15, 0.2) is 167 Å². The predicted octanol–water partition coefficient (Wildman–Crippen LogP) is 12.0. The highest BCUT2D eigenvalue weighted by atomic mass is 16.3. The molecule has 0 saturated heterocycles. The van der Waals surface area contributed by atoms with Gasteiger partial charge in [0.1, 0.15) is 22.3 Å². The number of fused-ring (bicyclic) bond motifs is 8. The van der Waals surface area contributed by atoms with E-state index in [1.165, 1.54) is 0 Å². The highest BCUT2D eigenvalue weighted by Crippen LogP contribution is 2.43. The lowest BCUT2D eigenvalue weighted by Crippen LogP contribution is -2.01. The van der Waals surface area contributed by atoms with Gasteiger partial charge in [-0.05, 0) is 64.4 Å². The molecule has 4 heterocycles. The fraction of sp³-hybridized carbons (Fsp3) is 0. The van der Waals surface area contributed by atoms with E-state index in [9.17, 15) is 0 Å². The summed E-state index contributed by atoms with van der Waals surface area (Å²) in [7, 11) is 0. The average Bonchev–Trinajstić information content (AvgIpc) is 3.77. The zero-order valence-corrected chi connectivity index (χ0v) is 27.6. The van der Waals surface area contributed by atoms with E-state index < -0.39 is 0 Å². The SMILES string of the molecule is c1ccc(-c2nc(-c3cc4ccccc4cc3-c3cccc4oc5cc6ccccc6nc5c34)nc(-c3cccc4oc5ccccc5c34)n2)cc1. The second-order valence-corrected chi connectivity index (χ2v) is 13.0. The molecule has 0 aliphatic heterocycles. The molecule has 0 aliphatic carbocycles. The number of aromatic nitrogens is 4. The van der Waals surface area contributed by atoms with Gasteiger partial charge in [0.15, 0.2) is 23.1 Å². The molecule has 6 nitrogen and oxygen atoms in total. The Balaban J connectivity index is 1.23. The molecule has 0 bridgehead atoms. The lowest BCUT2D eigenvalue weighted by Gasteiger charge is -2.14. The minimum Gasteiger partial charge on any atom is -0.456 e. The maximum atomic E-state index is 6.47. The predicted molar refractivity (Wildman–Crippen MR) is 209 cm³/mol. The van der Waals surface area contributed by atoms with Crippen molar-refractivity contribution in [3.8, 4) is 45.3 Å². The van der Waals surface area contributed by atoms with Crippen LogP contribution in [0.4, 0.5) is 0 Å². The molecule has 242 valence electrons. The second-order valence-electron chi connectivity index (χ2n) is 13.0. The summed E-state index contributed by atoms with van der Waals surface area (Å²) in [5, 5.41) is 6.17. The summed E-state index contributed by atoms with van der Waals surface area (Å²) in [6, 6.07) is 53.4. The molecule has 6 heteroatoms. The molecule has 0 spiro atoms. The molecular weight excluding hydrogens is 641 g/mol. The van der Waals surface area contributed by atoms with E-state index in [-0.39, 0.29) is 0 Å². The third-order valence-electron chi connectivity index (χ3n) is 9.90. The summed E-state index contributed by atoms with van der Waals surface area (Å²) in [6.45, 7) is 0. The lowest BCUT2D eigenvalue weighted by molar-refractivity contribution is 0.668. The van der Waals surface area contributed by atoms with E-state index in [2.05, 4.69) is 66.7 Å². The van der Waals surface area contributed by atoms with E-state index in [0.29, 0.717) is 17.5 Å². The highest BCUT2D eigenvalue weighted by molar-refractivity contribution is 6.15. The topological polar surface area (TPSA) is 77.8 Å². The molecule has 7 aromatic carbocycles. The normalized spacial score (nSPS) is 11.8. The van der Waals surface area contributed by atoms with Crippen LogP contribution in [0, 0.1) is 0 Å². The molecule has 11 rings (SSSR count). The maximum absolute atomic E-state index is 6.47. The van der Waals surface area contributed by atoms with Gasteiger partial charge in [-0.2, -0.15) is 0 Å². The minimum atomic E-state index is 0.567. The van der Waals surface area contributed by atoms with Crippen LogP contribution in [0.25, 0.3) is 111 Å². The van der Waals surface area contributed by atoms with Crippen molar-refractivity contribution in [1.29, 1.82) is 0 Å². The van der Waals surface area contributed by atoms with Crippen molar-refractivity contribution in [2.24, 2.45) is 0 Å². The van der Waals surface area contributed by atoms with Gasteiger partial charge in [0.2, 0.25) is 0 Å². The van der Waals surface area contributed by atoms with Gasteiger partial charge in [-0.3, -0.25) is 0 Å². The van der Waals surface area contributed by atoms with E-state index >= 15 is 0 Å². The summed E-state index contributed by atoms with van der Waals surface area (Å²) >= 11 is 0. The first-order valence-corrected chi connectivity index (χ1v) is 17.2. The smallest absolute Gasteiger partial charge is 0.164 e. The van der Waals surface area contributed by atoms with Gasteiger partial charge in [-0.15, -0.1) is 0 Å². The van der Waals surface area contributed by atoms with Gasteiger partial charge >= 0.3 is 0 Å². The van der Waals surface area contributed by atoms with Crippen LogP contribution >= 0.6 is 0 Å². The second kappa shape index (κ2) is 11.2. The number of pyridine rings is 1. The van der Waals surface area contributed by atoms with Crippen LogP contribution in [0.1, 0.15) is 0 Å². The Morgan fingerprint density at radius 2 is 0.942 bits per heavy atom. The Morgan fingerprint density at radius 1 is 0.346 bits per heavy atom. The van der Waals surface area contributed by atoms with E-state index in [1.807, 2.05) is 91.0 Å². The Bertz CT molecular complexity index is 3200. The fourth-order valence-electron chi connectivity index (χ4n) is 7.50. The molecule has 4 aromatic heterocycles. The summed E-state index contributed by atoms with van der Waals surface area (Å²) in [4.78, 5) is 20.8.